The average Bonchev–Trinajstić information content (AvgIpc) is 2.70. The summed E-state index contributed by atoms with van der Waals surface area (Å²) in [7, 11) is 0. The van der Waals surface area contributed by atoms with Crippen molar-refractivity contribution in [3.05, 3.63) is 12.2 Å². The van der Waals surface area contributed by atoms with Crippen LogP contribution in [0.4, 0.5) is 0 Å². The van der Waals surface area contributed by atoms with E-state index in [1.807, 2.05) is 13.8 Å². The molecule has 0 rings (SSSR count). The number of esters is 4. The highest BCUT2D eigenvalue weighted by atomic mass is 16.6. The Bertz CT molecular complexity index is 541. The van der Waals surface area contributed by atoms with Gasteiger partial charge >= 0.3 is 23.9 Å². The lowest BCUT2D eigenvalue weighted by Crippen LogP contribution is -2.17. The van der Waals surface area contributed by atoms with Gasteiger partial charge in [0.15, 0.2) is 0 Å². The molecule has 0 fully saturated rings. The fraction of sp³-hybridized carbons (Fsp3) is 0.727. The molecule has 0 heterocycles. The summed E-state index contributed by atoms with van der Waals surface area (Å²) in [6.45, 7) is 6.53. The van der Waals surface area contributed by atoms with Crippen molar-refractivity contribution >= 4 is 23.9 Å². The van der Waals surface area contributed by atoms with E-state index in [4.69, 9.17) is 18.9 Å². The molecule has 0 spiro atoms. The first kappa shape index (κ1) is 27.6. The van der Waals surface area contributed by atoms with Gasteiger partial charge in [0.2, 0.25) is 0 Å². The summed E-state index contributed by atoms with van der Waals surface area (Å²) >= 11 is 0. The molecule has 0 saturated heterocycles. The molecule has 30 heavy (non-hydrogen) atoms. The molecule has 8 nitrogen and oxygen atoms in total. The van der Waals surface area contributed by atoms with Gasteiger partial charge in [0.1, 0.15) is 6.10 Å². The van der Waals surface area contributed by atoms with Gasteiger partial charge in [0.05, 0.1) is 19.8 Å². The van der Waals surface area contributed by atoms with Crippen molar-refractivity contribution in [3.63, 3.8) is 0 Å². The van der Waals surface area contributed by atoms with Gasteiger partial charge < -0.3 is 18.9 Å². The lowest BCUT2D eigenvalue weighted by molar-refractivity contribution is -0.150. The van der Waals surface area contributed by atoms with Crippen LogP contribution in [-0.2, 0) is 38.1 Å². The maximum Gasteiger partial charge on any atom is 0.331 e. The predicted octanol–water partition coefficient (Wildman–Crippen LogP) is 3.65. The number of unbranched alkanes of at least 4 members (excludes halogenated alkanes) is 3. The quantitative estimate of drug-likeness (QED) is 0.150. The molecule has 0 saturated carbocycles. The van der Waals surface area contributed by atoms with E-state index in [2.05, 4.69) is 0 Å². The Kier molecular flexibility index (Phi) is 17.2. The van der Waals surface area contributed by atoms with Crippen molar-refractivity contribution < 1.29 is 38.1 Å². The molecule has 0 aliphatic carbocycles. The van der Waals surface area contributed by atoms with E-state index < -0.39 is 18.0 Å². The Morgan fingerprint density at radius 3 is 1.77 bits per heavy atom. The molecule has 1 unspecified atom stereocenters. The van der Waals surface area contributed by atoms with Gasteiger partial charge in [-0.25, -0.2) is 9.59 Å². The first-order valence-electron chi connectivity index (χ1n) is 10.8. The third-order valence-electron chi connectivity index (χ3n) is 3.97. The second-order valence-corrected chi connectivity index (χ2v) is 6.89. The summed E-state index contributed by atoms with van der Waals surface area (Å²) in [5, 5.41) is 0. The van der Waals surface area contributed by atoms with Crippen LogP contribution in [0.2, 0.25) is 0 Å². The van der Waals surface area contributed by atoms with E-state index in [0.29, 0.717) is 38.9 Å². The minimum absolute atomic E-state index is 0.0616. The van der Waals surface area contributed by atoms with Crippen LogP contribution in [0, 0.1) is 0 Å². The van der Waals surface area contributed by atoms with Crippen LogP contribution < -0.4 is 0 Å². The van der Waals surface area contributed by atoms with Crippen LogP contribution in [0.25, 0.3) is 0 Å². The van der Waals surface area contributed by atoms with Crippen molar-refractivity contribution in [2.75, 3.05) is 19.8 Å². The van der Waals surface area contributed by atoms with Crippen molar-refractivity contribution in [3.8, 4) is 0 Å². The Labute approximate surface area is 179 Å². The van der Waals surface area contributed by atoms with Gasteiger partial charge in [-0.2, -0.15) is 0 Å². The van der Waals surface area contributed by atoms with Gasteiger partial charge in [-0.3, -0.25) is 9.59 Å². The predicted molar refractivity (Wildman–Crippen MR) is 110 cm³/mol. The molecule has 0 amide bonds. The maximum atomic E-state index is 11.8. The zero-order valence-electron chi connectivity index (χ0n) is 18.5. The van der Waals surface area contributed by atoms with Crippen LogP contribution in [0.15, 0.2) is 12.2 Å². The van der Waals surface area contributed by atoms with E-state index in [0.717, 1.165) is 37.8 Å². The van der Waals surface area contributed by atoms with Crippen molar-refractivity contribution in [1.82, 2.24) is 0 Å². The zero-order chi connectivity index (χ0) is 22.6. The fourth-order valence-electron chi connectivity index (χ4n) is 2.16. The largest absolute Gasteiger partial charge is 0.466 e. The molecule has 172 valence electrons. The third kappa shape index (κ3) is 17.7. The Hall–Kier alpha value is -2.38. The second kappa shape index (κ2) is 18.6. The van der Waals surface area contributed by atoms with E-state index in [1.54, 1.807) is 6.92 Å². The van der Waals surface area contributed by atoms with Crippen LogP contribution >= 0.6 is 0 Å². The van der Waals surface area contributed by atoms with E-state index in [9.17, 15) is 19.2 Å². The van der Waals surface area contributed by atoms with Gasteiger partial charge in [0.25, 0.3) is 0 Å². The topological polar surface area (TPSA) is 105 Å². The third-order valence-corrected chi connectivity index (χ3v) is 3.97. The molecular weight excluding hydrogens is 392 g/mol. The Morgan fingerprint density at radius 2 is 1.20 bits per heavy atom. The number of carbonyl (C=O) groups excluding carboxylic acids is 4. The number of carbonyl (C=O) groups is 4. The Balaban J connectivity index is 3.78. The normalized spacial score (nSPS) is 11.7. The van der Waals surface area contributed by atoms with Gasteiger partial charge in [-0.1, -0.05) is 26.7 Å². The summed E-state index contributed by atoms with van der Waals surface area (Å²) in [5.74, 6) is -1.85. The molecule has 0 aromatic heterocycles. The van der Waals surface area contributed by atoms with E-state index in [1.165, 1.54) is 0 Å². The molecule has 0 aliphatic rings. The average molecular weight is 429 g/mol. The van der Waals surface area contributed by atoms with E-state index >= 15 is 0 Å². The molecule has 0 aromatic carbocycles. The van der Waals surface area contributed by atoms with Crippen LogP contribution in [0.5, 0.6) is 0 Å². The van der Waals surface area contributed by atoms with Crippen LogP contribution in [-0.4, -0.2) is 49.8 Å². The molecule has 0 aliphatic heterocycles. The molecular formula is C22H36O8. The van der Waals surface area contributed by atoms with E-state index in [-0.39, 0.29) is 25.0 Å². The van der Waals surface area contributed by atoms with Crippen molar-refractivity contribution in [2.45, 2.75) is 84.7 Å². The number of hydrogen-bond acceptors (Lipinski definition) is 8. The summed E-state index contributed by atoms with van der Waals surface area (Å²) in [6, 6.07) is 0. The maximum absolute atomic E-state index is 11.8. The Morgan fingerprint density at radius 1 is 0.700 bits per heavy atom. The lowest BCUT2D eigenvalue weighted by Gasteiger charge is -2.13. The molecule has 1 atom stereocenters. The van der Waals surface area contributed by atoms with Crippen molar-refractivity contribution in [2.24, 2.45) is 0 Å². The first-order valence-corrected chi connectivity index (χ1v) is 10.8. The first-order chi connectivity index (χ1) is 14.4. The van der Waals surface area contributed by atoms with Crippen LogP contribution in [0.3, 0.4) is 0 Å². The van der Waals surface area contributed by atoms with Crippen molar-refractivity contribution in [1.29, 1.82) is 0 Å². The summed E-state index contributed by atoms with van der Waals surface area (Å²) in [6.07, 6.45) is 7.11. The monoisotopic (exact) mass is 428 g/mol. The van der Waals surface area contributed by atoms with Crippen LogP contribution in [0.1, 0.15) is 78.6 Å². The molecule has 0 radical (unpaired) electrons. The summed E-state index contributed by atoms with van der Waals surface area (Å²) < 4.78 is 20.1. The number of rotatable bonds is 17. The summed E-state index contributed by atoms with van der Waals surface area (Å²) in [4.78, 5) is 46.1. The van der Waals surface area contributed by atoms with Gasteiger partial charge in [-0.05, 0) is 32.6 Å². The minimum atomic E-state index is -0.660. The SMILES string of the molecule is CCCCOC(=O)/C=C\C(=O)OCCC(C)OC(=O)CCCCC(=O)OCCCC. The lowest BCUT2D eigenvalue weighted by atomic mass is 10.2. The highest BCUT2D eigenvalue weighted by molar-refractivity contribution is 5.91. The second-order valence-electron chi connectivity index (χ2n) is 6.89. The van der Waals surface area contributed by atoms with Gasteiger partial charge in [-0.15, -0.1) is 0 Å². The smallest absolute Gasteiger partial charge is 0.331 e. The fourth-order valence-corrected chi connectivity index (χ4v) is 2.16. The number of ether oxygens (including phenoxy) is 4. The standard InChI is InChI=1S/C22H36O8/c1-4-6-15-27-19(23)10-8-9-11-22(26)30-18(3)14-17-29-21(25)13-12-20(24)28-16-7-5-2/h12-13,18H,4-11,14-17H2,1-3H3/b13-12-. The summed E-state index contributed by atoms with van der Waals surface area (Å²) in [5.41, 5.74) is 0. The molecule has 8 heteroatoms. The zero-order valence-corrected chi connectivity index (χ0v) is 18.5. The van der Waals surface area contributed by atoms with Gasteiger partial charge in [0, 0.05) is 31.4 Å². The molecule has 0 bridgehead atoms. The minimum Gasteiger partial charge on any atom is -0.466 e. The molecule has 0 N–H and O–H groups in total. The molecule has 0 aromatic rings. The highest BCUT2D eigenvalue weighted by Crippen LogP contribution is 2.06. The number of hydrogen-bond donors (Lipinski definition) is 0. The highest BCUT2D eigenvalue weighted by Gasteiger charge is 2.11.